The van der Waals surface area contributed by atoms with Crippen LogP contribution in [0.3, 0.4) is 0 Å². The van der Waals surface area contributed by atoms with Gasteiger partial charge in [-0.05, 0) is 0 Å². The lowest BCUT2D eigenvalue weighted by Gasteiger charge is -2.17. The molecule has 0 saturated carbocycles. The molecule has 7 heavy (non-hydrogen) atoms. The van der Waals surface area contributed by atoms with Gasteiger partial charge in [-0.3, -0.25) is 0 Å². The zero-order valence-electron chi connectivity index (χ0n) is 3.96. The number of hydrogen-bond donors (Lipinski definition) is 0. The maximum absolute atomic E-state index is 4.92. The van der Waals surface area contributed by atoms with E-state index in [1.807, 2.05) is 0 Å². The minimum Gasteiger partial charge on any atom is -0.353 e. The third-order valence-corrected chi connectivity index (χ3v) is 1.25. The minimum absolute atomic E-state index is 0.0648. The van der Waals surface area contributed by atoms with E-state index in [1.54, 1.807) is 7.11 Å². The van der Waals surface area contributed by atoms with Crippen molar-refractivity contribution in [3.63, 3.8) is 0 Å². The molecule has 0 aromatic carbocycles. The van der Waals surface area contributed by atoms with Crippen LogP contribution >= 0.6 is 0 Å². The molecule has 3 atom stereocenters. The zero-order chi connectivity index (χ0) is 4.85. The van der Waals surface area contributed by atoms with E-state index in [-0.39, 0.29) is 18.7 Å². The molecule has 0 spiro atoms. The normalized spacial score (nSPS) is 55.3. The Bertz CT molecular complexity index is 92.9. The molecule has 2 fully saturated rings. The quantitative estimate of drug-likeness (QED) is 0.426. The summed E-state index contributed by atoms with van der Waals surface area (Å²) in [6.45, 7) is 0. The average molecular weight is 102 g/mol. The fraction of sp³-hybridized carbons (Fsp3) is 1.00. The van der Waals surface area contributed by atoms with E-state index >= 15 is 0 Å². The Hall–Kier alpha value is -0.120. The molecule has 0 aromatic rings. The van der Waals surface area contributed by atoms with Gasteiger partial charge in [0.15, 0.2) is 18.7 Å². The van der Waals surface area contributed by atoms with Crippen molar-refractivity contribution >= 4 is 0 Å². The van der Waals surface area contributed by atoms with Gasteiger partial charge in [0.1, 0.15) is 0 Å². The van der Waals surface area contributed by atoms with E-state index < -0.39 is 0 Å². The molecule has 0 N–H and O–H groups in total. The summed E-state index contributed by atoms with van der Waals surface area (Å²) in [5.41, 5.74) is 0. The molecule has 0 aliphatic carbocycles. The van der Waals surface area contributed by atoms with Crippen molar-refractivity contribution in [3.8, 4) is 0 Å². The fourth-order valence-corrected chi connectivity index (χ4v) is 0.721. The van der Waals surface area contributed by atoms with Crippen LogP contribution in [0.25, 0.3) is 0 Å². The lowest BCUT2D eigenvalue weighted by atomic mass is 10.3. The van der Waals surface area contributed by atoms with Crippen LogP contribution in [0.2, 0.25) is 0 Å². The van der Waals surface area contributed by atoms with Gasteiger partial charge in [0.05, 0.1) is 0 Å². The first-order valence-electron chi connectivity index (χ1n) is 2.25. The van der Waals surface area contributed by atoms with E-state index in [2.05, 4.69) is 0 Å². The van der Waals surface area contributed by atoms with Crippen molar-refractivity contribution < 1.29 is 14.2 Å². The third-order valence-electron chi connectivity index (χ3n) is 1.25. The number of hydrogen-bond acceptors (Lipinski definition) is 3. The summed E-state index contributed by atoms with van der Waals surface area (Å²) in [5.74, 6) is 0. The van der Waals surface area contributed by atoms with Crippen LogP contribution in [0, 0.1) is 0 Å². The van der Waals surface area contributed by atoms with Crippen LogP contribution < -0.4 is 0 Å². The number of epoxide rings is 1. The first-order valence-corrected chi connectivity index (χ1v) is 2.25. The van der Waals surface area contributed by atoms with Gasteiger partial charge in [0.2, 0.25) is 0 Å². The number of fused-ring (bicyclic) bond motifs is 1. The monoisotopic (exact) mass is 102 g/mol. The van der Waals surface area contributed by atoms with Gasteiger partial charge >= 0.3 is 0 Å². The van der Waals surface area contributed by atoms with E-state index in [4.69, 9.17) is 14.2 Å². The fourth-order valence-electron chi connectivity index (χ4n) is 0.721. The lowest BCUT2D eigenvalue weighted by Crippen LogP contribution is -2.34. The summed E-state index contributed by atoms with van der Waals surface area (Å²) in [5, 5.41) is 0. The number of methoxy groups -OCH3 is 1. The van der Waals surface area contributed by atoms with Gasteiger partial charge in [-0.15, -0.1) is 0 Å². The summed E-state index contributed by atoms with van der Waals surface area (Å²) >= 11 is 0. The third kappa shape index (κ3) is 0.351. The largest absolute Gasteiger partial charge is 0.353 e. The van der Waals surface area contributed by atoms with E-state index in [0.29, 0.717) is 0 Å². The molecule has 2 aliphatic heterocycles. The van der Waals surface area contributed by atoms with E-state index in [9.17, 15) is 0 Å². The lowest BCUT2D eigenvalue weighted by molar-refractivity contribution is -0.187. The molecule has 0 radical (unpaired) electrons. The van der Waals surface area contributed by atoms with Gasteiger partial charge in [-0.1, -0.05) is 0 Å². The second kappa shape index (κ2) is 0.992. The molecule has 0 bridgehead atoms. The maximum atomic E-state index is 4.92. The van der Waals surface area contributed by atoms with Crippen LogP contribution in [0.15, 0.2) is 0 Å². The van der Waals surface area contributed by atoms with Gasteiger partial charge in [0, 0.05) is 7.11 Å². The van der Waals surface area contributed by atoms with E-state index in [1.165, 1.54) is 0 Å². The molecule has 3 unspecified atom stereocenters. The SMILES string of the molecule is COC1OC2OC12. The van der Waals surface area contributed by atoms with Gasteiger partial charge in [0.25, 0.3) is 0 Å². The number of ether oxygens (including phenoxy) is 3. The second-order valence-corrected chi connectivity index (χ2v) is 1.71. The van der Waals surface area contributed by atoms with Crippen molar-refractivity contribution in [1.82, 2.24) is 0 Å². The van der Waals surface area contributed by atoms with E-state index in [0.717, 1.165) is 0 Å². The maximum Gasteiger partial charge on any atom is 0.192 e. The highest BCUT2D eigenvalue weighted by atomic mass is 16.9. The smallest absolute Gasteiger partial charge is 0.192 e. The molecular formula is C4H6O3. The summed E-state index contributed by atoms with van der Waals surface area (Å²) in [7, 11) is 1.61. The zero-order valence-corrected chi connectivity index (χ0v) is 3.96. The molecule has 3 heteroatoms. The van der Waals surface area contributed by atoms with Gasteiger partial charge in [-0.25, -0.2) is 0 Å². The van der Waals surface area contributed by atoms with Crippen molar-refractivity contribution in [3.05, 3.63) is 0 Å². The van der Waals surface area contributed by atoms with Crippen molar-refractivity contribution in [2.75, 3.05) is 7.11 Å². The first-order chi connectivity index (χ1) is 3.42. The predicted molar refractivity (Wildman–Crippen MR) is 20.5 cm³/mol. The number of rotatable bonds is 1. The topological polar surface area (TPSA) is 31.0 Å². The van der Waals surface area contributed by atoms with Crippen molar-refractivity contribution in [1.29, 1.82) is 0 Å². The Morgan fingerprint density at radius 2 is 2.29 bits per heavy atom. The molecule has 2 rings (SSSR count). The van der Waals surface area contributed by atoms with Gasteiger partial charge in [-0.2, -0.15) is 0 Å². The second-order valence-electron chi connectivity index (χ2n) is 1.71. The van der Waals surface area contributed by atoms with Crippen molar-refractivity contribution in [2.24, 2.45) is 0 Å². The minimum atomic E-state index is -0.0648. The molecule has 0 aromatic heterocycles. The molecule has 3 nitrogen and oxygen atoms in total. The summed E-state index contributed by atoms with van der Waals surface area (Å²) in [6, 6.07) is 0. The molecule has 2 heterocycles. The van der Waals surface area contributed by atoms with Crippen molar-refractivity contribution in [2.45, 2.75) is 18.7 Å². The summed E-state index contributed by atoms with van der Waals surface area (Å²) < 4.78 is 14.6. The van der Waals surface area contributed by atoms with Gasteiger partial charge < -0.3 is 14.2 Å². The predicted octanol–water partition coefficient (Wildman–Crippen LogP) is -0.286. The Labute approximate surface area is 41.2 Å². The average Bonchev–Trinajstić information content (AvgIpc) is 2.18. The van der Waals surface area contributed by atoms with Crippen LogP contribution in [0.1, 0.15) is 0 Å². The Morgan fingerprint density at radius 3 is 2.43 bits per heavy atom. The molecule has 0 amide bonds. The highest BCUT2D eigenvalue weighted by Crippen LogP contribution is 2.39. The Balaban J connectivity index is 1.92. The van der Waals surface area contributed by atoms with Crippen LogP contribution in [-0.2, 0) is 14.2 Å². The molecule has 2 aliphatic rings. The summed E-state index contributed by atoms with van der Waals surface area (Å²) in [6.07, 6.45) is 0.292. The first kappa shape index (κ1) is 3.83. The Kier molecular flexibility index (Phi) is 0.543. The highest BCUT2D eigenvalue weighted by Gasteiger charge is 2.59. The molecule has 2 saturated heterocycles. The highest BCUT2D eigenvalue weighted by molar-refractivity contribution is 4.90. The standard InChI is InChI=1S/C4H6O3/c1-5-3-2-4(6-2)7-3/h2-4H,1H3. The van der Waals surface area contributed by atoms with Crippen LogP contribution in [0.4, 0.5) is 0 Å². The molecular weight excluding hydrogens is 96.0 g/mol. The Morgan fingerprint density at radius 1 is 1.43 bits per heavy atom. The van der Waals surface area contributed by atoms with Crippen LogP contribution in [0.5, 0.6) is 0 Å². The summed E-state index contributed by atoms with van der Waals surface area (Å²) in [4.78, 5) is 0. The van der Waals surface area contributed by atoms with Crippen LogP contribution in [-0.4, -0.2) is 25.8 Å². The molecule has 40 valence electrons.